The molecule has 1 atom stereocenters. The molecule has 2 amide bonds. The lowest BCUT2D eigenvalue weighted by atomic mass is 10.1. The molecule has 2 heterocycles. The van der Waals surface area contributed by atoms with Crippen LogP contribution in [0.15, 0.2) is 41.4 Å². The van der Waals surface area contributed by atoms with Gasteiger partial charge in [-0.25, -0.2) is 0 Å². The van der Waals surface area contributed by atoms with Crippen LogP contribution in [-0.4, -0.2) is 48.9 Å². The highest BCUT2D eigenvalue weighted by Crippen LogP contribution is 2.22. The fourth-order valence-electron chi connectivity index (χ4n) is 3.42. The van der Waals surface area contributed by atoms with Crippen LogP contribution >= 0.6 is 35.3 Å². The van der Waals surface area contributed by atoms with Crippen molar-refractivity contribution in [3.8, 4) is 0 Å². The summed E-state index contributed by atoms with van der Waals surface area (Å²) in [4.78, 5) is 33.0. The second-order valence-electron chi connectivity index (χ2n) is 7.28. The summed E-state index contributed by atoms with van der Waals surface area (Å²) in [5.41, 5.74) is 1.02. The quantitative estimate of drug-likeness (QED) is 0.176. The van der Waals surface area contributed by atoms with E-state index in [1.807, 2.05) is 11.3 Å². The number of aryl methyl sites for hydroxylation is 1. The van der Waals surface area contributed by atoms with Crippen molar-refractivity contribution in [1.29, 1.82) is 0 Å². The molecule has 2 aromatic rings. The lowest BCUT2D eigenvalue weighted by Crippen LogP contribution is -2.43. The molecule has 0 saturated carbocycles. The van der Waals surface area contributed by atoms with Crippen molar-refractivity contribution in [3.05, 3.63) is 57.3 Å². The average molecular weight is 540 g/mol. The van der Waals surface area contributed by atoms with Gasteiger partial charge in [-0.2, -0.15) is 0 Å². The van der Waals surface area contributed by atoms with Gasteiger partial charge in [0, 0.05) is 42.4 Å². The molecule has 1 aromatic carbocycles. The van der Waals surface area contributed by atoms with Gasteiger partial charge in [0.15, 0.2) is 5.96 Å². The van der Waals surface area contributed by atoms with E-state index in [2.05, 4.69) is 41.6 Å². The van der Waals surface area contributed by atoms with Crippen LogP contribution in [0.4, 0.5) is 0 Å². The van der Waals surface area contributed by atoms with E-state index in [4.69, 9.17) is 0 Å². The molecule has 0 radical (unpaired) electrons. The number of rotatable bonds is 8. The smallest absolute Gasteiger partial charge is 0.261 e. The number of thiophene rings is 1. The van der Waals surface area contributed by atoms with E-state index in [1.54, 1.807) is 31.3 Å². The van der Waals surface area contributed by atoms with Gasteiger partial charge in [-0.1, -0.05) is 12.1 Å². The number of guanidine groups is 1. The largest absolute Gasteiger partial charge is 0.356 e. The normalized spacial score (nSPS) is 14.4. The van der Waals surface area contributed by atoms with Crippen LogP contribution in [0.1, 0.15) is 50.2 Å². The number of halogens is 1. The third-order valence-corrected chi connectivity index (χ3v) is 5.91. The Bertz CT molecular complexity index is 877. The number of unbranched alkanes of at least 4 members (excludes halogenated alkanes) is 1. The third kappa shape index (κ3) is 6.04. The Kier molecular flexibility index (Phi) is 9.29. The summed E-state index contributed by atoms with van der Waals surface area (Å²) in [6, 6.07) is 11.6. The standard InChI is InChI=1S/C22H28N4O2S.HI/c1-15(14-17-11-10-16(2)29-17)25-22(23-3)24-12-6-7-13-26-20(27)18-8-4-5-9-19(18)21(26)28;/h4-5,8-11,15H,6-7,12-14H2,1-3H3,(H2,23,24,25);1H. The highest BCUT2D eigenvalue weighted by Gasteiger charge is 2.34. The number of carbonyl (C=O) groups excluding carboxylic acids is 2. The third-order valence-electron chi connectivity index (χ3n) is 4.89. The SMILES string of the molecule is CN=C(NCCCCN1C(=O)c2ccccc2C1=O)NC(C)Cc1ccc(C)s1.I. The van der Waals surface area contributed by atoms with E-state index < -0.39 is 0 Å². The molecule has 8 heteroatoms. The second kappa shape index (κ2) is 11.5. The summed E-state index contributed by atoms with van der Waals surface area (Å²) in [6.45, 7) is 5.43. The fraction of sp³-hybridized carbons (Fsp3) is 0.409. The maximum atomic E-state index is 12.4. The highest BCUT2D eigenvalue weighted by molar-refractivity contribution is 14.0. The molecule has 1 aromatic heterocycles. The van der Waals surface area contributed by atoms with Crippen LogP contribution in [0.25, 0.3) is 0 Å². The molecular formula is C22H29IN4O2S. The Morgan fingerprint density at radius 2 is 1.77 bits per heavy atom. The topological polar surface area (TPSA) is 73.8 Å². The van der Waals surface area contributed by atoms with Crippen LogP contribution in [0, 0.1) is 6.92 Å². The van der Waals surface area contributed by atoms with Crippen molar-refractivity contribution in [3.63, 3.8) is 0 Å². The number of benzene rings is 1. The molecule has 0 aliphatic carbocycles. The van der Waals surface area contributed by atoms with E-state index in [-0.39, 0.29) is 41.8 Å². The molecule has 0 spiro atoms. The van der Waals surface area contributed by atoms with Gasteiger partial charge in [-0.05, 0) is 51.0 Å². The lowest BCUT2D eigenvalue weighted by molar-refractivity contribution is 0.0652. The predicted molar refractivity (Wildman–Crippen MR) is 133 cm³/mol. The second-order valence-corrected chi connectivity index (χ2v) is 8.65. The zero-order chi connectivity index (χ0) is 20.8. The number of fused-ring (bicyclic) bond motifs is 1. The maximum Gasteiger partial charge on any atom is 0.261 e. The minimum absolute atomic E-state index is 0. The molecule has 0 bridgehead atoms. The Labute approximate surface area is 199 Å². The first-order valence-electron chi connectivity index (χ1n) is 9.97. The predicted octanol–water partition coefficient (Wildman–Crippen LogP) is 3.85. The van der Waals surface area contributed by atoms with Gasteiger partial charge in [-0.3, -0.25) is 19.5 Å². The molecular weight excluding hydrogens is 511 g/mol. The molecule has 30 heavy (non-hydrogen) atoms. The van der Waals surface area contributed by atoms with Gasteiger partial charge in [0.05, 0.1) is 11.1 Å². The first-order chi connectivity index (χ1) is 14.0. The lowest BCUT2D eigenvalue weighted by Gasteiger charge is -2.18. The number of hydrogen-bond acceptors (Lipinski definition) is 4. The van der Waals surface area contributed by atoms with Crippen LogP contribution in [0.5, 0.6) is 0 Å². The van der Waals surface area contributed by atoms with Crippen molar-refractivity contribution in [2.45, 2.75) is 39.2 Å². The zero-order valence-corrected chi connectivity index (χ0v) is 20.8. The molecule has 2 N–H and O–H groups in total. The van der Waals surface area contributed by atoms with Gasteiger partial charge >= 0.3 is 0 Å². The summed E-state index contributed by atoms with van der Waals surface area (Å²) in [5, 5.41) is 6.72. The van der Waals surface area contributed by atoms with Crippen molar-refractivity contribution >= 4 is 53.1 Å². The van der Waals surface area contributed by atoms with E-state index in [1.165, 1.54) is 14.7 Å². The first kappa shape index (κ1) is 24.3. The van der Waals surface area contributed by atoms with Crippen LogP contribution in [0.3, 0.4) is 0 Å². The van der Waals surface area contributed by atoms with Gasteiger partial charge in [0.25, 0.3) is 11.8 Å². The van der Waals surface area contributed by atoms with Crippen molar-refractivity contribution in [2.75, 3.05) is 20.1 Å². The number of nitrogens with zero attached hydrogens (tertiary/aromatic N) is 2. The summed E-state index contributed by atoms with van der Waals surface area (Å²) in [6.07, 6.45) is 2.55. The first-order valence-corrected chi connectivity index (χ1v) is 10.8. The monoisotopic (exact) mass is 540 g/mol. The number of nitrogens with one attached hydrogen (secondary N) is 2. The Balaban J connectivity index is 0.00000320. The molecule has 1 unspecified atom stereocenters. The minimum Gasteiger partial charge on any atom is -0.356 e. The van der Waals surface area contributed by atoms with Crippen molar-refractivity contribution < 1.29 is 9.59 Å². The summed E-state index contributed by atoms with van der Waals surface area (Å²) in [7, 11) is 1.76. The van der Waals surface area contributed by atoms with Crippen LogP contribution in [0.2, 0.25) is 0 Å². The van der Waals surface area contributed by atoms with Crippen LogP contribution < -0.4 is 10.6 Å². The number of imide groups is 1. The maximum absolute atomic E-state index is 12.4. The minimum atomic E-state index is -0.186. The van der Waals surface area contributed by atoms with Crippen molar-refractivity contribution in [2.24, 2.45) is 4.99 Å². The van der Waals surface area contributed by atoms with E-state index in [0.717, 1.165) is 31.8 Å². The number of amides is 2. The van der Waals surface area contributed by atoms with E-state index in [0.29, 0.717) is 17.7 Å². The summed E-state index contributed by atoms with van der Waals surface area (Å²) < 4.78 is 0. The van der Waals surface area contributed by atoms with Gasteiger partial charge in [0.2, 0.25) is 0 Å². The van der Waals surface area contributed by atoms with Gasteiger partial charge in [0.1, 0.15) is 0 Å². The molecule has 0 fully saturated rings. The molecule has 3 rings (SSSR count). The molecule has 1 aliphatic rings. The molecule has 1 aliphatic heterocycles. The number of carbonyl (C=O) groups is 2. The van der Waals surface area contributed by atoms with E-state index >= 15 is 0 Å². The Morgan fingerprint density at radius 3 is 2.33 bits per heavy atom. The Morgan fingerprint density at radius 1 is 1.10 bits per heavy atom. The van der Waals surface area contributed by atoms with Gasteiger partial charge < -0.3 is 10.6 Å². The number of aliphatic imine (C=N–C) groups is 1. The summed E-state index contributed by atoms with van der Waals surface area (Å²) in [5.74, 6) is 0.397. The number of hydrogen-bond donors (Lipinski definition) is 2. The Hall–Kier alpha value is -1.94. The highest BCUT2D eigenvalue weighted by atomic mass is 127. The average Bonchev–Trinajstić information content (AvgIpc) is 3.22. The summed E-state index contributed by atoms with van der Waals surface area (Å²) >= 11 is 1.82. The fourth-order valence-corrected chi connectivity index (χ4v) is 4.44. The van der Waals surface area contributed by atoms with E-state index in [9.17, 15) is 9.59 Å². The van der Waals surface area contributed by atoms with Crippen molar-refractivity contribution in [1.82, 2.24) is 15.5 Å². The molecule has 0 saturated heterocycles. The molecule has 6 nitrogen and oxygen atoms in total. The molecule has 162 valence electrons. The van der Waals surface area contributed by atoms with Crippen LogP contribution in [-0.2, 0) is 6.42 Å². The zero-order valence-electron chi connectivity index (χ0n) is 17.6. The van der Waals surface area contributed by atoms with Gasteiger partial charge in [-0.15, -0.1) is 35.3 Å².